The molecule has 39 heavy (non-hydrogen) atoms. The Balaban J connectivity index is 1.33. The van der Waals surface area contributed by atoms with E-state index in [1.807, 2.05) is 0 Å². The van der Waals surface area contributed by atoms with E-state index < -0.39 is 6.16 Å². The van der Waals surface area contributed by atoms with Crippen LogP contribution < -0.4 is 0 Å². The molecule has 0 spiro atoms. The van der Waals surface area contributed by atoms with Gasteiger partial charge >= 0.3 is 6.16 Å². The smallest absolute Gasteiger partial charge is 0.429 e. The van der Waals surface area contributed by atoms with Crippen molar-refractivity contribution in [3.8, 4) is 0 Å². The Morgan fingerprint density at radius 3 is 2.26 bits per heavy atom. The fraction of sp³-hybridized carbons (Fsp3) is 0.943. The van der Waals surface area contributed by atoms with Crippen LogP contribution in [0.15, 0.2) is 5.16 Å². The van der Waals surface area contributed by atoms with E-state index in [0.717, 1.165) is 79.7 Å². The largest absolute Gasteiger partial charge is 0.535 e. The summed E-state index contributed by atoms with van der Waals surface area (Å²) in [5.74, 6) is 5.99. The van der Waals surface area contributed by atoms with E-state index in [1.54, 1.807) is 0 Å². The number of carbonyl (C=O) groups excluding carboxylic acids is 1. The van der Waals surface area contributed by atoms with Crippen molar-refractivity contribution < 1.29 is 14.4 Å². The number of fused-ring (bicyclic) bond motifs is 5. The van der Waals surface area contributed by atoms with Gasteiger partial charge in [0, 0.05) is 0 Å². The molecule has 0 aliphatic heterocycles. The van der Waals surface area contributed by atoms with Crippen LogP contribution in [-0.2, 0) is 9.57 Å². The summed E-state index contributed by atoms with van der Waals surface area (Å²) in [7, 11) is 0. The first kappa shape index (κ1) is 30.9. The Morgan fingerprint density at radius 1 is 0.872 bits per heavy atom. The Morgan fingerprint density at radius 2 is 1.56 bits per heavy atom. The third-order valence-corrected chi connectivity index (χ3v) is 12.4. The second kappa shape index (κ2) is 13.3. The molecule has 0 bridgehead atoms. The van der Waals surface area contributed by atoms with Crippen molar-refractivity contribution in [2.24, 2.45) is 57.4 Å². The molecule has 9 atom stereocenters. The van der Waals surface area contributed by atoms with Gasteiger partial charge in [-0.2, -0.15) is 0 Å². The third kappa shape index (κ3) is 6.72. The van der Waals surface area contributed by atoms with Crippen molar-refractivity contribution >= 4 is 11.9 Å². The van der Waals surface area contributed by atoms with Crippen molar-refractivity contribution in [2.45, 2.75) is 157 Å². The van der Waals surface area contributed by atoms with Crippen LogP contribution in [-0.4, -0.2) is 18.0 Å². The molecule has 0 saturated heterocycles. The zero-order chi connectivity index (χ0) is 28.2. The molecule has 0 aromatic carbocycles. The summed E-state index contributed by atoms with van der Waals surface area (Å²) in [5, 5.41) is 4.14. The Bertz CT molecular complexity index is 830. The highest BCUT2D eigenvalue weighted by Crippen LogP contribution is 2.68. The molecule has 4 fully saturated rings. The molecule has 0 unspecified atom stereocenters. The molecule has 4 heteroatoms. The average Bonchev–Trinajstić information content (AvgIpc) is 3.25. The monoisotopic (exact) mass is 543 g/mol. The van der Waals surface area contributed by atoms with Crippen molar-refractivity contribution in [1.29, 1.82) is 0 Å². The maximum atomic E-state index is 12.5. The third-order valence-electron chi connectivity index (χ3n) is 12.4. The first-order valence-corrected chi connectivity index (χ1v) is 17.1. The second-order valence-electron chi connectivity index (χ2n) is 15.2. The minimum absolute atomic E-state index is 0.0143. The molecule has 0 aromatic rings. The summed E-state index contributed by atoms with van der Waals surface area (Å²) >= 11 is 0. The van der Waals surface area contributed by atoms with Gasteiger partial charge in [0.15, 0.2) is 0 Å². The first-order valence-electron chi connectivity index (χ1n) is 17.1. The first-order chi connectivity index (χ1) is 18.6. The number of nitrogens with zero attached hydrogens (tertiary/aromatic N) is 1. The molecule has 4 rings (SSSR count). The molecule has 4 aliphatic carbocycles. The molecular weight excluding hydrogens is 482 g/mol. The molecule has 0 heterocycles. The highest BCUT2D eigenvalue weighted by molar-refractivity contribution is 5.84. The number of oxime groups is 1. The van der Waals surface area contributed by atoms with Crippen molar-refractivity contribution in [3.63, 3.8) is 0 Å². The van der Waals surface area contributed by atoms with Gasteiger partial charge in [-0.1, -0.05) is 85.7 Å². The molecule has 224 valence electrons. The van der Waals surface area contributed by atoms with Crippen LogP contribution in [0.25, 0.3) is 0 Å². The number of hydrogen-bond acceptors (Lipinski definition) is 4. The van der Waals surface area contributed by atoms with Gasteiger partial charge < -0.3 is 4.74 Å². The van der Waals surface area contributed by atoms with Crippen molar-refractivity contribution in [3.05, 3.63) is 0 Å². The lowest BCUT2D eigenvalue weighted by Gasteiger charge is -2.61. The lowest BCUT2D eigenvalue weighted by molar-refractivity contribution is -0.132. The standard InChI is InChI=1S/C35H61NO3/c1-8-11-27(12-9-2)36-39-33(37)38-28-19-21-34(6)26(23-28)15-16-29-31-18-17-30(25(5)14-10-13-24(3)4)35(31,7)22-20-32(29)34/h24-26,28-32H,8-23H2,1-7H3/t25-,26+,28-,29-,30+,31-,32-,34-,35+/m0/s1. The van der Waals surface area contributed by atoms with Crippen molar-refractivity contribution in [1.82, 2.24) is 0 Å². The maximum absolute atomic E-state index is 12.5. The maximum Gasteiger partial charge on any atom is 0.535 e. The molecule has 0 N–H and O–H groups in total. The average molecular weight is 544 g/mol. The normalized spacial score (nSPS) is 38.4. The Labute approximate surface area is 240 Å². The van der Waals surface area contributed by atoms with Crippen LogP contribution in [0.5, 0.6) is 0 Å². The van der Waals surface area contributed by atoms with Gasteiger partial charge in [0.05, 0.1) is 5.71 Å². The van der Waals surface area contributed by atoms with E-state index in [1.165, 1.54) is 64.2 Å². The predicted octanol–water partition coefficient (Wildman–Crippen LogP) is 10.6. The molecule has 4 saturated carbocycles. The van der Waals surface area contributed by atoms with Crippen LogP contribution in [0.2, 0.25) is 0 Å². The van der Waals surface area contributed by atoms with Gasteiger partial charge in [-0.25, -0.2) is 4.79 Å². The number of carbonyl (C=O) groups is 1. The lowest BCUT2D eigenvalue weighted by atomic mass is 9.44. The zero-order valence-corrected chi connectivity index (χ0v) is 26.6. The van der Waals surface area contributed by atoms with E-state index in [2.05, 4.69) is 53.6 Å². The Hall–Kier alpha value is -1.06. The van der Waals surface area contributed by atoms with E-state index in [4.69, 9.17) is 9.57 Å². The van der Waals surface area contributed by atoms with E-state index >= 15 is 0 Å². The number of hydrogen-bond donors (Lipinski definition) is 0. The van der Waals surface area contributed by atoms with Crippen LogP contribution in [0.1, 0.15) is 151 Å². The van der Waals surface area contributed by atoms with Gasteiger partial charge in [-0.05, 0) is 123 Å². The molecular formula is C35H61NO3. The van der Waals surface area contributed by atoms with Gasteiger partial charge in [-0.3, -0.25) is 4.84 Å². The van der Waals surface area contributed by atoms with Gasteiger partial charge in [0.2, 0.25) is 0 Å². The summed E-state index contributed by atoms with van der Waals surface area (Å²) in [6, 6.07) is 0. The van der Waals surface area contributed by atoms with Crippen LogP contribution in [0.3, 0.4) is 0 Å². The van der Waals surface area contributed by atoms with Gasteiger partial charge in [0.25, 0.3) is 0 Å². The second-order valence-corrected chi connectivity index (χ2v) is 15.2. The minimum Gasteiger partial charge on any atom is -0.429 e. The lowest BCUT2D eigenvalue weighted by Crippen LogP contribution is -2.54. The zero-order valence-electron chi connectivity index (χ0n) is 26.6. The summed E-state index contributed by atoms with van der Waals surface area (Å²) in [5.41, 5.74) is 1.93. The minimum atomic E-state index is -0.602. The van der Waals surface area contributed by atoms with Crippen LogP contribution in [0.4, 0.5) is 4.79 Å². The summed E-state index contributed by atoms with van der Waals surface area (Å²) in [6.45, 7) is 16.9. The Kier molecular flexibility index (Phi) is 10.5. The molecule has 0 amide bonds. The highest BCUT2D eigenvalue weighted by atomic mass is 16.8. The summed E-state index contributed by atoms with van der Waals surface area (Å²) < 4.78 is 5.83. The van der Waals surface area contributed by atoms with Crippen LogP contribution >= 0.6 is 0 Å². The fourth-order valence-electron chi connectivity index (χ4n) is 10.4. The molecule has 4 aliphatic rings. The highest BCUT2D eigenvalue weighted by Gasteiger charge is 2.60. The topological polar surface area (TPSA) is 47.9 Å². The summed E-state index contributed by atoms with van der Waals surface area (Å²) in [4.78, 5) is 17.7. The van der Waals surface area contributed by atoms with Gasteiger partial charge in [0.1, 0.15) is 6.10 Å². The van der Waals surface area contributed by atoms with Gasteiger partial charge in [-0.15, -0.1) is 0 Å². The van der Waals surface area contributed by atoms with E-state index in [-0.39, 0.29) is 6.10 Å². The molecule has 0 radical (unpaired) electrons. The van der Waals surface area contributed by atoms with Crippen molar-refractivity contribution in [2.75, 3.05) is 0 Å². The van der Waals surface area contributed by atoms with E-state index in [0.29, 0.717) is 16.7 Å². The quantitative estimate of drug-likeness (QED) is 0.113. The number of rotatable bonds is 11. The predicted molar refractivity (Wildman–Crippen MR) is 162 cm³/mol. The molecule has 0 aromatic heterocycles. The fourth-order valence-corrected chi connectivity index (χ4v) is 10.4. The SMILES string of the molecule is CCCC(CCC)=NOC(=O)O[C@H]1CC[C@@]2(C)[C@H](CC[C@@H]3[C@@H]2CC[C@]2(C)[C@@H]([C@@H](C)CCCC(C)C)CC[C@@H]32)C1. The number of ether oxygens (including phenoxy) is 1. The summed E-state index contributed by atoms with van der Waals surface area (Å²) in [6.07, 6.45) is 19.0. The van der Waals surface area contributed by atoms with Crippen LogP contribution in [0, 0.1) is 52.3 Å². The van der Waals surface area contributed by atoms with E-state index in [9.17, 15) is 4.79 Å². The molecule has 4 nitrogen and oxygen atoms in total.